The summed E-state index contributed by atoms with van der Waals surface area (Å²) >= 11 is 1.71. The minimum atomic E-state index is -0.112. The molecule has 0 bridgehead atoms. The molecule has 5 heteroatoms. The van der Waals surface area contributed by atoms with Gasteiger partial charge in [-0.15, -0.1) is 11.3 Å². The van der Waals surface area contributed by atoms with Crippen molar-refractivity contribution < 1.29 is 4.79 Å². The quantitative estimate of drug-likeness (QED) is 0.847. The Morgan fingerprint density at radius 2 is 2.05 bits per heavy atom. The van der Waals surface area contributed by atoms with Crippen LogP contribution < -0.4 is 11.1 Å². The van der Waals surface area contributed by atoms with Crippen LogP contribution >= 0.6 is 11.3 Å². The molecule has 0 spiro atoms. The van der Waals surface area contributed by atoms with Crippen LogP contribution in [0.15, 0.2) is 41.8 Å². The highest BCUT2D eigenvalue weighted by Crippen LogP contribution is 2.15. The number of thiophene rings is 1. The molecular weight excluding hydrogens is 270 g/mol. The molecule has 1 heterocycles. The number of hydrogen-bond acceptors (Lipinski definition) is 3. The fourth-order valence-electron chi connectivity index (χ4n) is 1.84. The second-order valence-corrected chi connectivity index (χ2v) is 5.83. The summed E-state index contributed by atoms with van der Waals surface area (Å²) in [5, 5.41) is 4.92. The molecule has 0 saturated heterocycles. The second kappa shape index (κ2) is 6.43. The van der Waals surface area contributed by atoms with Gasteiger partial charge in [0.1, 0.15) is 0 Å². The molecule has 3 N–H and O–H groups in total. The molecule has 2 rings (SSSR count). The third-order valence-electron chi connectivity index (χ3n) is 3.22. The summed E-state index contributed by atoms with van der Waals surface area (Å²) < 4.78 is 0. The van der Waals surface area contributed by atoms with Crippen molar-refractivity contribution in [2.45, 2.75) is 19.4 Å². The Labute approximate surface area is 123 Å². The molecule has 0 aliphatic carbocycles. The summed E-state index contributed by atoms with van der Waals surface area (Å²) in [5.41, 5.74) is 7.05. The minimum Gasteiger partial charge on any atom is -0.399 e. The zero-order valence-electron chi connectivity index (χ0n) is 11.7. The molecule has 0 fully saturated rings. The molecule has 1 aromatic heterocycles. The smallest absolute Gasteiger partial charge is 0.321 e. The predicted octanol–water partition coefficient (Wildman–Crippen LogP) is 3.43. The first-order valence-corrected chi connectivity index (χ1v) is 7.36. The van der Waals surface area contributed by atoms with Gasteiger partial charge in [-0.3, -0.25) is 0 Å². The lowest BCUT2D eigenvalue weighted by molar-refractivity contribution is 0.208. The third-order valence-corrected chi connectivity index (χ3v) is 4.12. The Hall–Kier alpha value is -2.01. The van der Waals surface area contributed by atoms with Crippen molar-refractivity contribution in [3.05, 3.63) is 46.7 Å². The van der Waals surface area contributed by atoms with E-state index in [4.69, 9.17) is 5.73 Å². The van der Waals surface area contributed by atoms with E-state index in [2.05, 4.69) is 16.8 Å². The van der Waals surface area contributed by atoms with Gasteiger partial charge in [-0.2, -0.15) is 0 Å². The Morgan fingerprint density at radius 3 is 2.65 bits per heavy atom. The van der Waals surface area contributed by atoms with Gasteiger partial charge in [0.05, 0.1) is 0 Å². The van der Waals surface area contributed by atoms with Crippen LogP contribution in [0.4, 0.5) is 16.2 Å². The van der Waals surface area contributed by atoms with E-state index in [1.807, 2.05) is 20.0 Å². The maximum absolute atomic E-state index is 12.2. The summed E-state index contributed by atoms with van der Waals surface area (Å²) in [5.74, 6) is 0. The highest BCUT2D eigenvalue weighted by molar-refractivity contribution is 7.09. The average Bonchev–Trinajstić information content (AvgIpc) is 2.93. The van der Waals surface area contributed by atoms with Gasteiger partial charge in [0, 0.05) is 35.8 Å². The molecule has 1 aromatic carbocycles. The molecule has 4 nitrogen and oxygen atoms in total. The molecule has 20 heavy (non-hydrogen) atoms. The molecular formula is C15H19N3OS. The van der Waals surface area contributed by atoms with Crippen LogP contribution in [-0.4, -0.2) is 24.0 Å². The fraction of sp³-hybridized carbons (Fsp3) is 0.267. The van der Waals surface area contributed by atoms with E-state index in [0.717, 1.165) is 12.1 Å². The first kappa shape index (κ1) is 14.4. The van der Waals surface area contributed by atoms with E-state index in [9.17, 15) is 4.79 Å². The molecule has 0 aliphatic rings. The lowest BCUT2D eigenvalue weighted by Gasteiger charge is -2.25. The van der Waals surface area contributed by atoms with E-state index >= 15 is 0 Å². The first-order chi connectivity index (χ1) is 9.56. The molecule has 1 unspecified atom stereocenters. The fourth-order valence-corrected chi connectivity index (χ4v) is 2.66. The number of likely N-dealkylation sites (N-methyl/N-ethyl adjacent to an activating group) is 1. The Balaban J connectivity index is 1.92. The van der Waals surface area contributed by atoms with Gasteiger partial charge in [0.2, 0.25) is 0 Å². The van der Waals surface area contributed by atoms with Crippen LogP contribution in [0.2, 0.25) is 0 Å². The lowest BCUT2D eigenvalue weighted by Crippen LogP contribution is -2.39. The van der Waals surface area contributed by atoms with Gasteiger partial charge >= 0.3 is 6.03 Å². The number of anilines is 2. The SMILES string of the molecule is CC(Cc1cccs1)N(C)C(=O)Nc1ccc(N)cc1. The molecule has 2 aromatic rings. The van der Waals surface area contributed by atoms with Crippen LogP contribution in [0.1, 0.15) is 11.8 Å². The molecule has 0 aliphatic heterocycles. The van der Waals surface area contributed by atoms with Crippen LogP contribution in [0.5, 0.6) is 0 Å². The number of nitrogens with zero attached hydrogens (tertiary/aromatic N) is 1. The van der Waals surface area contributed by atoms with Crippen LogP contribution in [0, 0.1) is 0 Å². The Bertz CT molecular complexity index is 551. The van der Waals surface area contributed by atoms with Gasteiger partial charge in [-0.1, -0.05) is 6.07 Å². The second-order valence-electron chi connectivity index (χ2n) is 4.80. The standard InChI is InChI=1S/C15H19N3OS/c1-11(10-14-4-3-9-20-14)18(2)15(19)17-13-7-5-12(16)6-8-13/h3-9,11H,10,16H2,1-2H3,(H,17,19). The van der Waals surface area contributed by atoms with E-state index in [-0.39, 0.29) is 12.1 Å². The number of amides is 2. The Morgan fingerprint density at radius 1 is 1.35 bits per heavy atom. The topological polar surface area (TPSA) is 58.4 Å². The van der Waals surface area contributed by atoms with Gasteiger partial charge in [-0.25, -0.2) is 4.79 Å². The number of benzene rings is 1. The number of hydrogen-bond donors (Lipinski definition) is 2. The average molecular weight is 289 g/mol. The summed E-state index contributed by atoms with van der Waals surface area (Å²) in [7, 11) is 1.81. The van der Waals surface area contributed by atoms with Crippen molar-refractivity contribution >= 4 is 28.7 Å². The summed E-state index contributed by atoms with van der Waals surface area (Å²) in [6.45, 7) is 2.04. The summed E-state index contributed by atoms with van der Waals surface area (Å²) in [6.07, 6.45) is 0.864. The normalized spacial score (nSPS) is 11.9. The minimum absolute atomic E-state index is 0.112. The van der Waals surface area contributed by atoms with Crippen LogP contribution in [-0.2, 0) is 6.42 Å². The summed E-state index contributed by atoms with van der Waals surface area (Å²) in [6, 6.07) is 11.3. The van der Waals surface area contributed by atoms with Crippen LogP contribution in [0.25, 0.3) is 0 Å². The number of nitrogens with two attached hydrogens (primary N) is 1. The monoisotopic (exact) mass is 289 g/mol. The first-order valence-electron chi connectivity index (χ1n) is 6.48. The van der Waals surface area contributed by atoms with Crippen LogP contribution in [0.3, 0.4) is 0 Å². The summed E-state index contributed by atoms with van der Waals surface area (Å²) in [4.78, 5) is 15.2. The van der Waals surface area contributed by atoms with Gasteiger partial charge < -0.3 is 16.0 Å². The predicted molar refractivity (Wildman–Crippen MR) is 85.1 cm³/mol. The molecule has 0 radical (unpaired) electrons. The highest BCUT2D eigenvalue weighted by Gasteiger charge is 2.16. The largest absolute Gasteiger partial charge is 0.399 e. The van der Waals surface area contributed by atoms with E-state index in [0.29, 0.717) is 5.69 Å². The van der Waals surface area contributed by atoms with Crippen molar-refractivity contribution in [3.63, 3.8) is 0 Å². The zero-order chi connectivity index (χ0) is 14.5. The number of rotatable bonds is 4. The van der Waals surface area contributed by atoms with Crippen molar-refractivity contribution in [1.82, 2.24) is 4.90 Å². The van der Waals surface area contributed by atoms with Gasteiger partial charge in [-0.05, 0) is 42.6 Å². The Kier molecular flexibility index (Phi) is 4.63. The van der Waals surface area contributed by atoms with Crippen molar-refractivity contribution in [1.29, 1.82) is 0 Å². The van der Waals surface area contributed by atoms with Crippen molar-refractivity contribution in [2.24, 2.45) is 0 Å². The lowest BCUT2D eigenvalue weighted by atomic mass is 10.2. The van der Waals surface area contributed by atoms with Gasteiger partial charge in [0.15, 0.2) is 0 Å². The molecule has 2 amide bonds. The van der Waals surface area contributed by atoms with E-state index in [1.54, 1.807) is 40.5 Å². The number of nitrogen functional groups attached to an aromatic ring is 1. The van der Waals surface area contributed by atoms with Gasteiger partial charge in [0.25, 0.3) is 0 Å². The van der Waals surface area contributed by atoms with E-state index < -0.39 is 0 Å². The highest BCUT2D eigenvalue weighted by atomic mass is 32.1. The number of carbonyl (C=O) groups excluding carboxylic acids is 1. The molecule has 0 saturated carbocycles. The molecule has 106 valence electrons. The van der Waals surface area contributed by atoms with Crippen molar-refractivity contribution in [2.75, 3.05) is 18.1 Å². The van der Waals surface area contributed by atoms with Crippen molar-refractivity contribution in [3.8, 4) is 0 Å². The number of nitrogens with one attached hydrogen (secondary N) is 1. The molecule has 1 atom stereocenters. The number of carbonyl (C=O) groups is 1. The zero-order valence-corrected chi connectivity index (χ0v) is 12.5. The maximum Gasteiger partial charge on any atom is 0.321 e. The van der Waals surface area contributed by atoms with E-state index in [1.165, 1.54) is 4.88 Å². The third kappa shape index (κ3) is 3.74. The number of urea groups is 1. The maximum atomic E-state index is 12.2.